The summed E-state index contributed by atoms with van der Waals surface area (Å²) in [6.07, 6.45) is 2.59. The van der Waals surface area contributed by atoms with Crippen molar-refractivity contribution in [3.05, 3.63) is 113 Å². The number of esters is 1. The van der Waals surface area contributed by atoms with Gasteiger partial charge in [0.1, 0.15) is 6.23 Å². The van der Waals surface area contributed by atoms with Crippen LogP contribution in [0.5, 0.6) is 0 Å². The van der Waals surface area contributed by atoms with E-state index in [0.29, 0.717) is 23.2 Å². The number of carbonyl (C=O) groups excluding carboxylic acids is 1. The lowest BCUT2D eigenvalue weighted by atomic mass is 9.95. The van der Waals surface area contributed by atoms with Gasteiger partial charge < -0.3 is 9.47 Å². The number of carbonyl (C=O) groups is 1. The molecule has 0 amide bonds. The number of rotatable bonds is 5. The summed E-state index contributed by atoms with van der Waals surface area (Å²) in [5.41, 5.74) is 4.09. The lowest BCUT2D eigenvalue weighted by Crippen LogP contribution is -2.41. The fourth-order valence-corrected chi connectivity index (χ4v) is 8.01. The smallest absolute Gasteiger partial charge is 0.333 e. The van der Waals surface area contributed by atoms with Crippen LogP contribution in [0.25, 0.3) is 10.9 Å². The van der Waals surface area contributed by atoms with Crippen molar-refractivity contribution in [3.8, 4) is 0 Å². The summed E-state index contributed by atoms with van der Waals surface area (Å²) in [5, 5.41) is 0.809. The topological polar surface area (TPSA) is 77.8 Å². The first-order valence-corrected chi connectivity index (χ1v) is 14.7. The van der Waals surface area contributed by atoms with E-state index in [-0.39, 0.29) is 29.9 Å². The molecule has 0 saturated carbocycles. The van der Waals surface area contributed by atoms with Gasteiger partial charge in [0.15, 0.2) is 0 Å². The molecule has 8 heteroatoms. The number of ether oxygens (including phenoxy) is 2. The van der Waals surface area contributed by atoms with Crippen LogP contribution < -0.4 is 0 Å². The minimum Gasteiger partial charge on any atom is -0.463 e. The number of hydrogen-bond donors (Lipinski definition) is 0. The third-order valence-electron chi connectivity index (χ3n) is 8.02. The van der Waals surface area contributed by atoms with Gasteiger partial charge in [0.2, 0.25) is 0 Å². The van der Waals surface area contributed by atoms with Gasteiger partial charge in [0.05, 0.1) is 40.9 Å². The van der Waals surface area contributed by atoms with Gasteiger partial charge in [-0.2, -0.15) is 0 Å². The highest BCUT2D eigenvalue weighted by atomic mass is 32.2. The maximum absolute atomic E-state index is 14.2. The van der Waals surface area contributed by atoms with E-state index in [1.54, 1.807) is 37.3 Å². The molecule has 0 spiro atoms. The first kappa shape index (κ1) is 24.3. The van der Waals surface area contributed by atoms with Crippen LogP contribution in [0.4, 0.5) is 0 Å². The molecular weight excluding hydrogens is 512 g/mol. The molecule has 1 aromatic heterocycles. The zero-order chi connectivity index (χ0) is 26.7. The van der Waals surface area contributed by atoms with Crippen LogP contribution in [-0.2, 0) is 30.7 Å². The van der Waals surface area contributed by atoms with Crippen LogP contribution in [0, 0.1) is 0 Å². The standard InChI is InChI=1S/C31H28N2O5S/c1-2-37-31(34)22-17-26(32-29(19-22)38-28-18-20-10-6-8-14-24(20)30(28)32)27-16-21-11-7-9-15-25(21)33(27)39(35,36)23-12-4-3-5-13-23/h3-17,26,28-30H,2,18-19H2,1H3/t26-,28-,29-,30+/m1/s1. The summed E-state index contributed by atoms with van der Waals surface area (Å²) < 4.78 is 41.8. The lowest BCUT2D eigenvalue weighted by Gasteiger charge is -2.38. The number of benzene rings is 3. The molecule has 3 heterocycles. The fraction of sp³-hybridized carbons (Fsp3) is 0.258. The van der Waals surface area contributed by atoms with Crippen molar-refractivity contribution in [2.75, 3.05) is 6.61 Å². The number of nitrogens with zero attached hydrogens (tertiary/aromatic N) is 2. The van der Waals surface area contributed by atoms with E-state index in [2.05, 4.69) is 17.0 Å². The molecule has 0 radical (unpaired) electrons. The molecule has 0 N–H and O–H groups in total. The van der Waals surface area contributed by atoms with Gasteiger partial charge in [-0.05, 0) is 42.3 Å². The summed E-state index contributed by atoms with van der Waals surface area (Å²) in [5.74, 6) is -0.392. The molecular formula is C31H28N2O5S. The average molecular weight is 541 g/mol. The van der Waals surface area contributed by atoms with Crippen LogP contribution in [0.1, 0.15) is 42.2 Å². The van der Waals surface area contributed by atoms with Crippen molar-refractivity contribution in [1.82, 2.24) is 8.87 Å². The number of aromatic nitrogens is 1. The van der Waals surface area contributed by atoms with E-state index < -0.39 is 22.0 Å². The highest BCUT2D eigenvalue weighted by Crippen LogP contribution is 2.52. The van der Waals surface area contributed by atoms with Gasteiger partial charge in [0.25, 0.3) is 10.0 Å². The van der Waals surface area contributed by atoms with E-state index in [1.807, 2.05) is 48.5 Å². The molecule has 0 unspecified atom stereocenters. The summed E-state index contributed by atoms with van der Waals surface area (Å²) in [6, 6.07) is 25.6. The van der Waals surface area contributed by atoms with E-state index >= 15 is 0 Å². The molecule has 1 saturated heterocycles. The van der Waals surface area contributed by atoms with Gasteiger partial charge in [0, 0.05) is 23.8 Å². The second kappa shape index (κ2) is 9.19. The van der Waals surface area contributed by atoms with E-state index in [4.69, 9.17) is 9.47 Å². The Labute approximate surface area is 227 Å². The zero-order valence-electron chi connectivity index (χ0n) is 21.4. The van der Waals surface area contributed by atoms with E-state index in [1.165, 1.54) is 15.1 Å². The second-order valence-electron chi connectivity index (χ2n) is 10.2. The third-order valence-corrected chi connectivity index (χ3v) is 9.78. The van der Waals surface area contributed by atoms with Gasteiger partial charge >= 0.3 is 5.97 Å². The lowest BCUT2D eigenvalue weighted by molar-refractivity contribution is -0.139. The molecule has 3 aliphatic rings. The summed E-state index contributed by atoms with van der Waals surface area (Å²) >= 11 is 0. The van der Waals surface area contributed by atoms with Gasteiger partial charge in [-0.3, -0.25) is 4.90 Å². The molecule has 1 fully saturated rings. The highest BCUT2D eigenvalue weighted by molar-refractivity contribution is 7.90. The Morgan fingerprint density at radius 3 is 2.54 bits per heavy atom. The maximum atomic E-state index is 14.2. The SMILES string of the molecule is CCOC(=O)C1=C[C@H](c2cc3ccccc3n2S(=O)(=O)c2ccccc2)N2[C@@H](C1)O[C@@H]1Cc3ccccc3[C@@H]12. The normalized spacial score (nSPS) is 24.2. The number of hydrogen-bond acceptors (Lipinski definition) is 6. The first-order valence-electron chi connectivity index (χ1n) is 13.3. The van der Waals surface area contributed by atoms with E-state index in [0.717, 1.165) is 11.8 Å². The molecule has 3 aromatic carbocycles. The molecule has 4 aromatic rings. The largest absolute Gasteiger partial charge is 0.463 e. The highest BCUT2D eigenvalue weighted by Gasteiger charge is 2.53. The third kappa shape index (κ3) is 3.77. The monoisotopic (exact) mass is 540 g/mol. The zero-order valence-corrected chi connectivity index (χ0v) is 22.3. The number of para-hydroxylation sites is 1. The van der Waals surface area contributed by atoms with Crippen molar-refractivity contribution in [2.45, 2.75) is 49.1 Å². The van der Waals surface area contributed by atoms with Crippen molar-refractivity contribution in [2.24, 2.45) is 0 Å². The summed E-state index contributed by atoms with van der Waals surface area (Å²) in [6.45, 7) is 2.04. The minimum absolute atomic E-state index is 0.0536. The van der Waals surface area contributed by atoms with Crippen LogP contribution in [-0.4, -0.2) is 42.2 Å². The molecule has 1 aliphatic carbocycles. The minimum atomic E-state index is -3.96. The predicted octanol–water partition coefficient (Wildman–Crippen LogP) is 5.14. The molecule has 0 bridgehead atoms. The fourth-order valence-electron chi connectivity index (χ4n) is 6.44. The first-order chi connectivity index (χ1) is 19.0. The Hall–Kier alpha value is -3.72. The van der Waals surface area contributed by atoms with Crippen molar-refractivity contribution < 1.29 is 22.7 Å². The van der Waals surface area contributed by atoms with Crippen molar-refractivity contribution in [3.63, 3.8) is 0 Å². The van der Waals surface area contributed by atoms with Crippen LogP contribution in [0.2, 0.25) is 0 Å². The Balaban J connectivity index is 1.46. The van der Waals surface area contributed by atoms with E-state index in [9.17, 15) is 13.2 Å². The van der Waals surface area contributed by atoms with Crippen LogP contribution >= 0.6 is 0 Å². The predicted molar refractivity (Wildman–Crippen MR) is 146 cm³/mol. The summed E-state index contributed by atoms with van der Waals surface area (Å²) in [4.78, 5) is 15.5. The van der Waals surface area contributed by atoms with Gasteiger partial charge in [-0.25, -0.2) is 17.2 Å². The van der Waals surface area contributed by atoms with Gasteiger partial charge in [-0.1, -0.05) is 66.7 Å². The Kier molecular flexibility index (Phi) is 5.73. The molecule has 7 rings (SSSR count). The van der Waals surface area contributed by atoms with Gasteiger partial charge in [-0.15, -0.1) is 0 Å². The Morgan fingerprint density at radius 1 is 0.974 bits per heavy atom. The second-order valence-corrected chi connectivity index (χ2v) is 12.0. The molecule has 4 atom stereocenters. The molecule has 7 nitrogen and oxygen atoms in total. The van der Waals surface area contributed by atoms with Crippen molar-refractivity contribution >= 4 is 26.9 Å². The summed E-state index contributed by atoms with van der Waals surface area (Å²) in [7, 11) is -3.96. The Morgan fingerprint density at radius 2 is 1.72 bits per heavy atom. The molecule has 39 heavy (non-hydrogen) atoms. The van der Waals surface area contributed by atoms with Crippen LogP contribution in [0.15, 0.2) is 101 Å². The molecule has 198 valence electrons. The van der Waals surface area contributed by atoms with Crippen LogP contribution in [0.3, 0.4) is 0 Å². The average Bonchev–Trinajstić information content (AvgIpc) is 3.62. The van der Waals surface area contributed by atoms with Crippen molar-refractivity contribution in [1.29, 1.82) is 0 Å². The Bertz CT molecular complexity index is 1730. The maximum Gasteiger partial charge on any atom is 0.333 e. The molecule has 2 aliphatic heterocycles. The number of fused-ring (bicyclic) bond motifs is 6. The quantitative estimate of drug-likeness (QED) is 0.327.